The molecule has 1 fully saturated rings. The van der Waals surface area contributed by atoms with E-state index < -0.39 is 0 Å². The molecule has 0 N–H and O–H groups in total. The minimum Gasteiger partial charge on any atom is -0.106 e. The number of unbranched alkanes of at least 4 members (excludes halogenated alkanes) is 1. The van der Waals surface area contributed by atoms with Crippen LogP contribution in [0.15, 0.2) is 37.4 Å². The molecule has 1 saturated carbocycles. The number of hydrogen-bond acceptors (Lipinski definition) is 0. The summed E-state index contributed by atoms with van der Waals surface area (Å²) in [5.41, 5.74) is 2.92. The lowest BCUT2D eigenvalue weighted by molar-refractivity contribution is 0.533. The van der Waals surface area contributed by atoms with Gasteiger partial charge in [0, 0.05) is 0 Å². The molecule has 0 saturated heterocycles. The van der Waals surface area contributed by atoms with Crippen molar-refractivity contribution in [1.29, 1.82) is 0 Å². The number of aryl methyl sites for hydroxylation is 1. The molecule has 1 aliphatic carbocycles. The Morgan fingerprint density at radius 3 is 1.37 bits per heavy atom. The molecule has 0 nitrogen and oxygen atoms in total. The molecule has 2 rings (SSSR count). The van der Waals surface area contributed by atoms with Gasteiger partial charge in [0.05, 0.1) is 0 Å². The van der Waals surface area contributed by atoms with Crippen LogP contribution < -0.4 is 0 Å². The highest BCUT2D eigenvalue weighted by Crippen LogP contribution is 2.38. The van der Waals surface area contributed by atoms with Crippen molar-refractivity contribution in [3.05, 3.63) is 48.6 Å². The van der Waals surface area contributed by atoms with Crippen LogP contribution in [0.1, 0.15) is 125 Å². The highest BCUT2D eigenvalue weighted by molar-refractivity contribution is 5.25. The molecule has 164 valence electrons. The molecular formula is C27H56. The molecule has 0 spiro atoms. The average molecular weight is 381 g/mol. The van der Waals surface area contributed by atoms with E-state index in [9.17, 15) is 0 Å². The molecular weight excluding hydrogens is 324 g/mol. The van der Waals surface area contributed by atoms with Gasteiger partial charge in [0.15, 0.2) is 0 Å². The van der Waals surface area contributed by atoms with E-state index in [4.69, 9.17) is 0 Å². The molecule has 0 bridgehead atoms. The summed E-state index contributed by atoms with van der Waals surface area (Å²) in [4.78, 5) is 0. The van der Waals surface area contributed by atoms with Crippen LogP contribution in [0, 0.1) is 12.8 Å². The van der Waals surface area contributed by atoms with Gasteiger partial charge in [-0.25, -0.2) is 0 Å². The zero-order chi connectivity index (χ0) is 22.7. The van der Waals surface area contributed by atoms with Gasteiger partial charge in [0.1, 0.15) is 0 Å². The lowest BCUT2D eigenvalue weighted by Gasteiger charge is -2.15. The smallest absolute Gasteiger partial charge is 0.0136 e. The summed E-state index contributed by atoms with van der Waals surface area (Å²) in [6.07, 6.45) is 6.86. The van der Waals surface area contributed by atoms with Crippen molar-refractivity contribution < 1.29 is 0 Å². The normalized spacial score (nSPS) is 15.6. The minimum atomic E-state index is 0.834. The van der Waals surface area contributed by atoms with Crippen LogP contribution in [0.4, 0.5) is 0 Å². The third-order valence-corrected chi connectivity index (χ3v) is 3.87. The second-order valence-electron chi connectivity index (χ2n) is 5.43. The van der Waals surface area contributed by atoms with Crippen LogP contribution in [-0.2, 0) is 0 Å². The van der Waals surface area contributed by atoms with Crippen molar-refractivity contribution in [3.8, 4) is 0 Å². The summed E-state index contributed by atoms with van der Waals surface area (Å²) in [5.74, 6) is 1.73. The van der Waals surface area contributed by atoms with Crippen molar-refractivity contribution in [3.63, 3.8) is 0 Å². The van der Waals surface area contributed by atoms with E-state index in [1.54, 1.807) is 5.56 Å². The fraction of sp³-hybridized carbons (Fsp3) is 0.704. The van der Waals surface area contributed by atoms with Crippen LogP contribution in [0.5, 0.6) is 0 Å². The summed E-state index contributed by atoms with van der Waals surface area (Å²) in [6, 6.07) is 9.09. The van der Waals surface area contributed by atoms with Crippen LogP contribution in [-0.4, -0.2) is 0 Å². The van der Waals surface area contributed by atoms with Gasteiger partial charge in [0.2, 0.25) is 0 Å². The molecule has 0 heteroatoms. The molecule has 1 aromatic rings. The third kappa shape index (κ3) is 22.9. The maximum Gasteiger partial charge on any atom is -0.0136 e. The molecule has 0 amide bonds. The second kappa shape index (κ2) is 36.0. The first kappa shape index (κ1) is 36.8. The zero-order valence-electron chi connectivity index (χ0n) is 21.4. The highest BCUT2D eigenvalue weighted by Gasteiger charge is 2.24. The molecule has 0 aromatic heterocycles. The molecule has 27 heavy (non-hydrogen) atoms. The molecule has 0 heterocycles. The van der Waals surface area contributed by atoms with Gasteiger partial charge < -0.3 is 0 Å². The number of rotatable bonds is 2. The van der Waals surface area contributed by atoms with Crippen molar-refractivity contribution in [2.75, 3.05) is 0 Å². The van der Waals surface area contributed by atoms with Crippen molar-refractivity contribution in [1.82, 2.24) is 0 Å². The van der Waals surface area contributed by atoms with Crippen LogP contribution >= 0.6 is 0 Å². The highest BCUT2D eigenvalue weighted by atomic mass is 14.3. The molecule has 2 atom stereocenters. The molecule has 1 aromatic carbocycles. The summed E-state index contributed by atoms with van der Waals surface area (Å²) in [6.45, 7) is 30.9. The van der Waals surface area contributed by atoms with Gasteiger partial charge in [-0.15, -0.1) is 13.2 Å². The predicted molar refractivity (Wildman–Crippen MR) is 134 cm³/mol. The Labute approximate surface area is 175 Å². The Hall–Kier alpha value is -1.04. The topological polar surface area (TPSA) is 0 Å². The summed E-state index contributed by atoms with van der Waals surface area (Å²) in [7, 11) is 0. The van der Waals surface area contributed by atoms with Gasteiger partial charge in [0.25, 0.3) is 0 Å². The predicted octanol–water partition coefficient (Wildman–Crippen LogP) is 10.6. The summed E-state index contributed by atoms with van der Waals surface area (Å²) in [5, 5.41) is 0. The third-order valence-electron chi connectivity index (χ3n) is 3.87. The fourth-order valence-electron chi connectivity index (χ4n) is 2.45. The largest absolute Gasteiger partial charge is 0.106 e. The Bertz CT molecular complexity index is 307. The van der Waals surface area contributed by atoms with Crippen LogP contribution in [0.3, 0.4) is 0 Å². The first-order chi connectivity index (χ1) is 13.2. The summed E-state index contributed by atoms with van der Waals surface area (Å²) < 4.78 is 0. The quantitative estimate of drug-likeness (QED) is 0.447. The first-order valence-corrected chi connectivity index (χ1v) is 11.8. The SMILES string of the molecule is C=C.CC.CC.CC.CC.CCCC.Cc1ccc(C2CCCC2C)cc1. The van der Waals surface area contributed by atoms with E-state index in [2.05, 4.69) is 65.1 Å². The lowest BCUT2D eigenvalue weighted by atomic mass is 9.90. The average Bonchev–Trinajstić information content (AvgIpc) is 3.22. The number of benzene rings is 1. The van der Waals surface area contributed by atoms with Gasteiger partial charge in [-0.2, -0.15) is 0 Å². The monoisotopic (exact) mass is 380 g/mol. The van der Waals surface area contributed by atoms with Crippen molar-refractivity contribution in [2.45, 2.75) is 121 Å². The second-order valence-corrected chi connectivity index (χ2v) is 5.43. The summed E-state index contributed by atoms with van der Waals surface area (Å²) >= 11 is 0. The van der Waals surface area contributed by atoms with Crippen molar-refractivity contribution >= 4 is 0 Å². The standard InChI is InChI=1S/C13H18.C4H10.4C2H6.C2H4/c1-10-6-8-12(9-7-10)13-5-3-4-11(13)2;1-3-4-2;5*1-2/h6-9,11,13H,3-5H2,1-2H3;3-4H2,1-2H3;4*1-2H3;1-2H2. The van der Waals surface area contributed by atoms with Gasteiger partial charge in [-0.05, 0) is 30.7 Å². The molecule has 0 aliphatic heterocycles. The van der Waals surface area contributed by atoms with Crippen LogP contribution in [0.25, 0.3) is 0 Å². The van der Waals surface area contributed by atoms with E-state index in [0.29, 0.717) is 0 Å². The van der Waals surface area contributed by atoms with Gasteiger partial charge in [-0.1, -0.05) is 132 Å². The first-order valence-electron chi connectivity index (χ1n) is 11.8. The van der Waals surface area contributed by atoms with Crippen LogP contribution in [0.2, 0.25) is 0 Å². The van der Waals surface area contributed by atoms with Crippen molar-refractivity contribution in [2.24, 2.45) is 5.92 Å². The zero-order valence-corrected chi connectivity index (χ0v) is 21.4. The maximum absolute atomic E-state index is 3.00. The van der Waals surface area contributed by atoms with E-state index in [0.717, 1.165) is 11.8 Å². The Kier molecular flexibility index (Phi) is 49.0. The van der Waals surface area contributed by atoms with E-state index in [1.165, 1.54) is 37.7 Å². The Morgan fingerprint density at radius 2 is 1.11 bits per heavy atom. The van der Waals surface area contributed by atoms with Gasteiger partial charge in [-0.3, -0.25) is 0 Å². The minimum absolute atomic E-state index is 0.834. The number of hydrogen-bond donors (Lipinski definition) is 0. The Balaban J connectivity index is -0.0000000976. The van der Waals surface area contributed by atoms with E-state index in [1.807, 2.05) is 55.4 Å². The maximum atomic E-state index is 3.00. The molecule has 2 unspecified atom stereocenters. The fourth-order valence-corrected chi connectivity index (χ4v) is 2.45. The Morgan fingerprint density at radius 1 is 0.741 bits per heavy atom. The molecule has 1 aliphatic rings. The molecule has 0 radical (unpaired) electrons. The van der Waals surface area contributed by atoms with E-state index in [-0.39, 0.29) is 0 Å². The van der Waals surface area contributed by atoms with E-state index >= 15 is 0 Å². The van der Waals surface area contributed by atoms with Gasteiger partial charge >= 0.3 is 0 Å². The lowest BCUT2D eigenvalue weighted by Crippen LogP contribution is -2.01.